The number of hydrogen-bond acceptors (Lipinski definition) is 29. The number of hydroxylamine groups is 1. The topological polar surface area (TPSA) is 388 Å². The molecule has 0 aromatic heterocycles. The van der Waals surface area contributed by atoms with Gasteiger partial charge < -0.3 is 97.4 Å². The van der Waals surface area contributed by atoms with Crippen molar-refractivity contribution in [3.63, 3.8) is 0 Å². The number of hydrogen-bond donors (Lipinski definition) is 7. The number of carbonyl (C=O) groups excluding carboxylic acids is 6. The van der Waals surface area contributed by atoms with Gasteiger partial charge in [0.05, 0.1) is 109 Å². The molecule has 0 unspecified atom stereocenters. The first-order chi connectivity index (χ1) is 51.0. The van der Waals surface area contributed by atoms with Gasteiger partial charge in [0.2, 0.25) is 29.0 Å². The number of thioether (sulfide) groups is 1. The Hall–Kier alpha value is -5.01. The van der Waals surface area contributed by atoms with E-state index in [0.717, 1.165) is 24.4 Å². The summed E-state index contributed by atoms with van der Waals surface area (Å²) in [6, 6.07) is 5.44. The van der Waals surface area contributed by atoms with Crippen LogP contribution in [0.3, 0.4) is 0 Å². The van der Waals surface area contributed by atoms with E-state index in [4.69, 9.17) is 72.2 Å². The van der Waals surface area contributed by atoms with Crippen LogP contribution in [0.15, 0.2) is 64.4 Å². The van der Waals surface area contributed by atoms with Gasteiger partial charge in [-0.1, -0.05) is 63.1 Å². The number of carbonyl (C=O) groups is 6. The van der Waals surface area contributed by atoms with Crippen molar-refractivity contribution >= 4 is 96.4 Å². The number of alkyl carbamates (subject to hydrolysis) is 1. The number of aliphatic hydroxyl groups excluding tert-OH is 4. The SMILES string of the molecule is CCN(C(C)=O)[C@H]1CO[C@@H](O[C@H]2[C@H](O[C@@H]3C#C/C=C\C#C[C@@H]4CC(=O)C(NC(=O)OC)=C3/C4=C\CSSC(C)(C)CC(=O)N/N=C(\C)c3ccc(OCCCC([NH-])=O)cc3)O[C@H](C)[C@@H](NO[C@H]3C[C@H](O)[C@H](SC(=O)c4c(C)c(I)c(O[C@@H]5O[C@@H](C)[C@H](O)[C@@H](OC)[C@H]5O)c(OC)c4OC)[C@@H](C)O3)[C@@H]2O)C[C@@H]1OC.[Y]. The summed E-state index contributed by atoms with van der Waals surface area (Å²) >= 11 is 2.80. The van der Waals surface area contributed by atoms with Crippen molar-refractivity contribution < 1.29 is 148 Å². The van der Waals surface area contributed by atoms with Crippen molar-refractivity contribution in [1.82, 2.24) is 21.1 Å². The minimum Gasteiger partial charge on any atom is -0.668 e. The Morgan fingerprint density at radius 2 is 1.55 bits per heavy atom. The van der Waals surface area contributed by atoms with Gasteiger partial charge in [-0.05, 0) is 144 Å². The number of aliphatic hydroxyl groups is 4. The zero-order chi connectivity index (χ0) is 78.1. The van der Waals surface area contributed by atoms with Crippen LogP contribution in [0.5, 0.6) is 23.0 Å². The molecule has 30 nitrogen and oxygen atoms in total. The second kappa shape index (κ2) is 42.2. The number of nitrogens with one attached hydrogen (secondary N) is 4. The molecule has 2 aliphatic carbocycles. The summed E-state index contributed by atoms with van der Waals surface area (Å²) in [6.07, 6.45) is -13.6. The first kappa shape index (κ1) is 90.2. The predicted octanol–water partition coefficient (Wildman–Crippen LogP) is 6.51. The predicted molar refractivity (Wildman–Crippen MR) is 404 cm³/mol. The third kappa shape index (κ3) is 23.1. The molecule has 4 amide bonds. The van der Waals surface area contributed by atoms with Crippen LogP contribution < -0.4 is 35.2 Å². The molecule has 0 spiro atoms. The van der Waals surface area contributed by atoms with Crippen LogP contribution in [0, 0.1) is 40.1 Å². The molecule has 2 bridgehead atoms. The van der Waals surface area contributed by atoms with Crippen molar-refractivity contribution in [3.05, 3.63) is 85.3 Å². The van der Waals surface area contributed by atoms with Gasteiger partial charge in [-0.3, -0.25) is 29.3 Å². The second-order valence-electron chi connectivity index (χ2n) is 26.5. The van der Waals surface area contributed by atoms with Crippen molar-refractivity contribution in [3.8, 4) is 46.7 Å². The van der Waals surface area contributed by atoms with E-state index in [1.165, 1.54) is 69.1 Å². The van der Waals surface area contributed by atoms with Crippen LogP contribution in [0.25, 0.3) is 5.73 Å². The molecule has 35 heteroatoms. The Kier molecular flexibility index (Phi) is 35.2. The molecule has 8 N–H and O–H groups in total. The fraction of sp³-hybridized carbons (Fsp3) is 0.603. The standard InChI is InChI=1S/C73H97IN6O24S3.Y/c1-15-80(41(7)81)46-35-97-53(33-50(46)91-10)102-66-61(87)58(79-104-54-32-48(83)68(40(6)98-54)106-69(89)55-36(2)57(74)64(67(94-13)63(55)92-11)103-70-62(88)65(93-12)60(86)39(5)100-70)38(4)99-71(66)101-49-22-19-17-16-18-21-43-31-47(82)59(76-72(90)95-14)56(49)45(43)28-30-105-107-73(8,9)34-52(85)78-77-37(3)42-24-26-44(27-25-42)96-29-20-23-51(75)84;/h16-17,24-28,38-40,43,46,48-50,53-54,58,60-62,65-66,68,70-71,79,83,86-88H,15,20,23,29-35H2,1-14H3,(H4,75,76,78,84,85,90);/p-1/b17-16-,45-28-,77-37+;/t38-,39+,40-,43-,46+,48+,49-,50+,53+,54+,58-,60+,61+,62-,65-,66-,68-,70+,71+;/m1./s1. The van der Waals surface area contributed by atoms with Gasteiger partial charge in [0.25, 0.3) is 0 Å². The summed E-state index contributed by atoms with van der Waals surface area (Å²) in [6.45, 7) is 16.1. The fourth-order valence-corrected chi connectivity index (χ4v) is 17.1. The summed E-state index contributed by atoms with van der Waals surface area (Å²) in [5.41, 5.74) is 14.9. The average Bonchev–Trinajstić information content (AvgIpc) is 0.766. The molecular weight excluding hydrogens is 1660 g/mol. The fourth-order valence-electron chi connectivity index (χ4n) is 13.0. The zero-order valence-electron chi connectivity index (χ0n) is 62.6. The largest absolute Gasteiger partial charge is 0.668 e. The Labute approximate surface area is 679 Å². The molecule has 4 fully saturated rings. The second-order valence-corrected chi connectivity index (χ2v) is 31.8. The average molecular weight is 1750 g/mol. The molecule has 2 aromatic carbocycles. The monoisotopic (exact) mass is 1750 g/mol. The maximum Gasteiger partial charge on any atom is 0.411 e. The minimum absolute atomic E-state index is 0. The van der Waals surface area contributed by atoms with Crippen molar-refractivity contribution in [2.45, 2.75) is 215 Å². The molecule has 19 atom stereocenters. The van der Waals surface area contributed by atoms with E-state index in [9.17, 15) is 49.2 Å². The third-order valence-electron chi connectivity index (χ3n) is 18.5. The summed E-state index contributed by atoms with van der Waals surface area (Å²) in [7, 11) is 9.55. The van der Waals surface area contributed by atoms with E-state index in [1.807, 2.05) is 49.4 Å². The van der Waals surface area contributed by atoms with Gasteiger partial charge in [0.1, 0.15) is 42.4 Å². The smallest absolute Gasteiger partial charge is 0.411 e. The van der Waals surface area contributed by atoms with Gasteiger partial charge in [-0.2, -0.15) is 10.6 Å². The van der Waals surface area contributed by atoms with Gasteiger partial charge in [0, 0.05) is 108 Å². The molecule has 108 heavy (non-hydrogen) atoms. The molecule has 2 aromatic rings. The van der Waals surface area contributed by atoms with Crippen molar-refractivity contribution in [2.75, 3.05) is 61.1 Å². The van der Waals surface area contributed by atoms with Gasteiger partial charge in [0.15, 0.2) is 36.2 Å². The van der Waals surface area contributed by atoms with Crippen LogP contribution in [0.2, 0.25) is 0 Å². The third-order valence-corrected chi connectivity index (χ3v) is 24.3. The van der Waals surface area contributed by atoms with Gasteiger partial charge >= 0.3 is 6.09 Å². The number of halogens is 1. The number of allylic oxidation sites excluding steroid dienone is 3. The zero-order valence-corrected chi connectivity index (χ0v) is 70.1. The van der Waals surface area contributed by atoms with Crippen LogP contribution in [0.1, 0.15) is 115 Å². The van der Waals surface area contributed by atoms with Crippen LogP contribution in [-0.2, 0) is 99.4 Å². The molecule has 1 radical (unpaired) electrons. The molecule has 4 aliphatic heterocycles. The summed E-state index contributed by atoms with van der Waals surface area (Å²) in [4.78, 5) is 87.3. The van der Waals surface area contributed by atoms with Crippen LogP contribution in [0.4, 0.5) is 4.79 Å². The summed E-state index contributed by atoms with van der Waals surface area (Å²) in [5.74, 6) is 10.7. The van der Waals surface area contributed by atoms with E-state index >= 15 is 0 Å². The molecule has 4 heterocycles. The number of Topliss-reactive ketones (excluding diaryl/α,β-unsaturated/α-hetero) is 1. The number of benzene rings is 2. The minimum atomic E-state index is -1.61. The number of hydrazone groups is 1. The molecule has 8 rings (SSSR count). The number of amides is 4. The number of likely N-dealkylation sites (N-methyl/N-ethyl adjacent to an activating group) is 1. The van der Waals surface area contributed by atoms with E-state index in [2.05, 4.69) is 45.0 Å². The Balaban J connectivity index is 0.0000162. The molecule has 6 aliphatic rings. The Bertz CT molecular complexity index is 3750. The number of ketones is 1. The number of methoxy groups -OCH3 is 5. The maximum atomic E-state index is 14.6. The van der Waals surface area contributed by atoms with E-state index in [1.54, 1.807) is 63.8 Å². The number of nitrogens with zero attached hydrogens (tertiary/aromatic N) is 2. The normalized spacial score (nSPS) is 29.9. The number of fused-ring (bicyclic) bond motifs is 2. The first-order valence-corrected chi connectivity index (χ1v) is 39.0. The van der Waals surface area contributed by atoms with Gasteiger partial charge in [-0.25, -0.2) is 10.2 Å². The Morgan fingerprint density at radius 1 is 0.852 bits per heavy atom. The molecule has 0 saturated carbocycles. The van der Waals surface area contributed by atoms with Crippen LogP contribution >= 0.6 is 55.9 Å². The number of rotatable bonds is 31. The molecule has 591 valence electrons. The first-order valence-electron chi connectivity index (χ1n) is 34.8. The van der Waals surface area contributed by atoms with Gasteiger partial charge in [-0.15, -0.1) is 0 Å². The van der Waals surface area contributed by atoms with E-state index in [0.29, 0.717) is 39.1 Å². The van der Waals surface area contributed by atoms with E-state index < -0.39 is 143 Å². The van der Waals surface area contributed by atoms with Crippen LogP contribution in [-0.4, -0.2) is 241 Å². The molecular formula is C73H96IN6O24S3Y-. The quantitative estimate of drug-likeness (QED) is 0.0106. The molecule has 4 saturated heterocycles. The Morgan fingerprint density at radius 3 is 2.19 bits per heavy atom. The summed E-state index contributed by atoms with van der Waals surface area (Å²) in [5, 5.41) is 52.0. The van der Waals surface area contributed by atoms with Crippen molar-refractivity contribution in [2.24, 2.45) is 11.0 Å². The maximum absolute atomic E-state index is 14.6. The van der Waals surface area contributed by atoms with Crippen molar-refractivity contribution in [1.29, 1.82) is 0 Å². The summed E-state index contributed by atoms with van der Waals surface area (Å²) < 4.78 is 78.5. The number of ether oxygens (including phenoxy) is 13. The van der Waals surface area contributed by atoms with E-state index in [-0.39, 0.29) is 130 Å².